The van der Waals surface area contributed by atoms with E-state index in [1.807, 2.05) is 19.1 Å². The van der Waals surface area contributed by atoms with E-state index in [1.165, 1.54) is 10.9 Å². The second kappa shape index (κ2) is 2.47. The molecule has 0 radical (unpaired) electrons. The van der Waals surface area contributed by atoms with Gasteiger partial charge in [-0.15, -0.1) is 0 Å². The van der Waals surface area contributed by atoms with E-state index in [0.29, 0.717) is 12.2 Å². The lowest BCUT2D eigenvalue weighted by Gasteiger charge is -1.97. The standard InChI is InChI=1S/C12H11NO/c1-7-11(14)6-9-8-4-2-3-5-10(8)13-12(7)9/h2-5,7,13H,6H2,1H3. The molecule has 0 saturated heterocycles. The Labute approximate surface area is 81.9 Å². The molecule has 70 valence electrons. The summed E-state index contributed by atoms with van der Waals surface area (Å²) in [5, 5.41) is 1.21. The number of carbonyl (C=O) groups excluding carboxylic acids is 1. The number of nitrogens with one attached hydrogen (secondary N) is 1. The largest absolute Gasteiger partial charge is 0.358 e. The van der Waals surface area contributed by atoms with Crippen LogP contribution in [0, 0.1) is 0 Å². The Morgan fingerprint density at radius 1 is 1.36 bits per heavy atom. The minimum atomic E-state index is 0.0531. The molecular formula is C12H11NO. The molecule has 2 nitrogen and oxygen atoms in total. The number of ketones is 1. The molecular weight excluding hydrogens is 174 g/mol. The van der Waals surface area contributed by atoms with Crippen LogP contribution in [0.5, 0.6) is 0 Å². The van der Waals surface area contributed by atoms with E-state index in [1.54, 1.807) is 0 Å². The molecule has 14 heavy (non-hydrogen) atoms. The van der Waals surface area contributed by atoms with Crippen molar-refractivity contribution in [3.8, 4) is 0 Å². The first-order chi connectivity index (χ1) is 6.77. The Morgan fingerprint density at radius 2 is 2.14 bits per heavy atom. The number of Topliss-reactive ketones (excluding diaryl/α,β-unsaturated/α-hetero) is 1. The molecule has 2 heteroatoms. The van der Waals surface area contributed by atoms with Gasteiger partial charge in [0.1, 0.15) is 5.78 Å². The maximum absolute atomic E-state index is 11.5. The van der Waals surface area contributed by atoms with Gasteiger partial charge in [-0.2, -0.15) is 0 Å². The summed E-state index contributed by atoms with van der Waals surface area (Å²) >= 11 is 0. The van der Waals surface area contributed by atoms with Crippen molar-refractivity contribution in [3.05, 3.63) is 35.5 Å². The summed E-state index contributed by atoms with van der Waals surface area (Å²) in [6.07, 6.45) is 0.598. The normalized spacial score (nSPS) is 20.4. The van der Waals surface area contributed by atoms with Gasteiger partial charge in [0.2, 0.25) is 0 Å². The number of carbonyl (C=O) groups is 1. The number of aromatic amines is 1. The van der Waals surface area contributed by atoms with E-state index in [4.69, 9.17) is 0 Å². The molecule has 1 aliphatic rings. The third-order valence-corrected chi connectivity index (χ3v) is 3.11. The minimum Gasteiger partial charge on any atom is -0.358 e. The van der Waals surface area contributed by atoms with Gasteiger partial charge in [0.25, 0.3) is 0 Å². The van der Waals surface area contributed by atoms with Crippen LogP contribution in [0.15, 0.2) is 24.3 Å². The van der Waals surface area contributed by atoms with Gasteiger partial charge < -0.3 is 4.98 Å². The Morgan fingerprint density at radius 3 is 3.00 bits per heavy atom. The van der Waals surface area contributed by atoms with Crippen LogP contribution in [-0.2, 0) is 11.2 Å². The summed E-state index contributed by atoms with van der Waals surface area (Å²) in [5.74, 6) is 0.384. The molecule has 1 aliphatic carbocycles. The molecule has 3 rings (SSSR count). The summed E-state index contributed by atoms with van der Waals surface area (Å²) in [6.45, 7) is 1.98. The summed E-state index contributed by atoms with van der Waals surface area (Å²) in [7, 11) is 0. The van der Waals surface area contributed by atoms with E-state index in [2.05, 4.69) is 17.1 Å². The van der Waals surface area contributed by atoms with Crippen LogP contribution in [0.1, 0.15) is 24.1 Å². The molecule has 1 unspecified atom stereocenters. The molecule has 1 aromatic heterocycles. The SMILES string of the molecule is CC1C(=O)Cc2c1[nH]c1ccccc21. The van der Waals surface area contributed by atoms with E-state index in [-0.39, 0.29) is 5.92 Å². The van der Waals surface area contributed by atoms with E-state index in [9.17, 15) is 4.79 Å². The van der Waals surface area contributed by atoms with Crippen molar-refractivity contribution in [2.75, 3.05) is 0 Å². The lowest BCUT2D eigenvalue weighted by molar-refractivity contribution is -0.118. The van der Waals surface area contributed by atoms with Crippen LogP contribution in [0.4, 0.5) is 0 Å². The number of para-hydroxylation sites is 1. The predicted octanol–water partition coefficient (Wildman–Crippen LogP) is 2.40. The maximum atomic E-state index is 11.5. The van der Waals surface area contributed by atoms with Crippen molar-refractivity contribution in [1.82, 2.24) is 4.98 Å². The molecule has 0 fully saturated rings. The summed E-state index contributed by atoms with van der Waals surface area (Å²) in [5.41, 5.74) is 3.48. The van der Waals surface area contributed by atoms with Crippen LogP contribution in [-0.4, -0.2) is 10.8 Å². The third-order valence-electron chi connectivity index (χ3n) is 3.11. The minimum absolute atomic E-state index is 0.0531. The highest BCUT2D eigenvalue weighted by Gasteiger charge is 2.29. The van der Waals surface area contributed by atoms with E-state index >= 15 is 0 Å². The molecule has 1 heterocycles. The number of rotatable bonds is 0. The van der Waals surface area contributed by atoms with E-state index in [0.717, 1.165) is 11.2 Å². The average molecular weight is 185 g/mol. The molecule has 1 atom stereocenters. The second-order valence-corrected chi connectivity index (χ2v) is 3.93. The zero-order valence-corrected chi connectivity index (χ0v) is 8.00. The second-order valence-electron chi connectivity index (χ2n) is 3.93. The van der Waals surface area contributed by atoms with Gasteiger partial charge in [-0.1, -0.05) is 18.2 Å². The van der Waals surface area contributed by atoms with Gasteiger partial charge in [-0.05, 0) is 18.6 Å². The summed E-state index contributed by atoms with van der Waals surface area (Å²) < 4.78 is 0. The number of hydrogen-bond acceptors (Lipinski definition) is 1. The topological polar surface area (TPSA) is 32.9 Å². The van der Waals surface area contributed by atoms with Crippen LogP contribution >= 0.6 is 0 Å². The fraction of sp³-hybridized carbons (Fsp3) is 0.250. The van der Waals surface area contributed by atoms with Crippen molar-refractivity contribution < 1.29 is 4.79 Å². The molecule has 0 aliphatic heterocycles. The smallest absolute Gasteiger partial charge is 0.146 e. The van der Waals surface area contributed by atoms with Crippen molar-refractivity contribution in [1.29, 1.82) is 0 Å². The fourth-order valence-corrected chi connectivity index (χ4v) is 2.27. The summed E-state index contributed by atoms with van der Waals surface area (Å²) in [4.78, 5) is 14.9. The zero-order chi connectivity index (χ0) is 9.71. The van der Waals surface area contributed by atoms with Crippen LogP contribution in [0.3, 0.4) is 0 Å². The number of fused-ring (bicyclic) bond motifs is 3. The Hall–Kier alpha value is -1.57. The highest BCUT2D eigenvalue weighted by Crippen LogP contribution is 2.34. The number of aromatic nitrogens is 1. The molecule has 2 aromatic rings. The number of H-pyrrole nitrogens is 1. The quantitative estimate of drug-likeness (QED) is 0.671. The first-order valence-corrected chi connectivity index (χ1v) is 4.89. The van der Waals surface area contributed by atoms with Crippen molar-refractivity contribution >= 4 is 16.7 Å². The first-order valence-electron chi connectivity index (χ1n) is 4.89. The van der Waals surface area contributed by atoms with Crippen LogP contribution in [0.2, 0.25) is 0 Å². The monoisotopic (exact) mass is 185 g/mol. The van der Waals surface area contributed by atoms with Crippen molar-refractivity contribution in [2.24, 2.45) is 0 Å². The maximum Gasteiger partial charge on any atom is 0.146 e. The van der Waals surface area contributed by atoms with Gasteiger partial charge in [0, 0.05) is 23.0 Å². The van der Waals surface area contributed by atoms with Crippen LogP contribution in [0.25, 0.3) is 10.9 Å². The molecule has 0 saturated carbocycles. The Balaban J connectivity index is 2.36. The van der Waals surface area contributed by atoms with Gasteiger partial charge in [-0.3, -0.25) is 4.79 Å². The van der Waals surface area contributed by atoms with Gasteiger partial charge >= 0.3 is 0 Å². The lowest BCUT2D eigenvalue weighted by atomic mass is 10.1. The number of hydrogen-bond donors (Lipinski definition) is 1. The third kappa shape index (κ3) is 0.830. The molecule has 0 spiro atoms. The zero-order valence-electron chi connectivity index (χ0n) is 8.00. The van der Waals surface area contributed by atoms with Crippen LogP contribution < -0.4 is 0 Å². The molecule has 0 bridgehead atoms. The van der Waals surface area contributed by atoms with Crippen molar-refractivity contribution in [3.63, 3.8) is 0 Å². The number of benzene rings is 1. The highest BCUT2D eigenvalue weighted by molar-refractivity contribution is 5.99. The average Bonchev–Trinajstić information content (AvgIpc) is 2.67. The lowest BCUT2D eigenvalue weighted by Crippen LogP contribution is -2.01. The Kier molecular flexibility index (Phi) is 1.38. The fourth-order valence-electron chi connectivity index (χ4n) is 2.27. The van der Waals surface area contributed by atoms with Crippen molar-refractivity contribution in [2.45, 2.75) is 19.3 Å². The molecule has 1 N–H and O–H groups in total. The van der Waals surface area contributed by atoms with E-state index < -0.39 is 0 Å². The van der Waals surface area contributed by atoms with Gasteiger partial charge in [0.05, 0.1) is 5.92 Å². The van der Waals surface area contributed by atoms with Gasteiger partial charge in [0.15, 0.2) is 0 Å². The summed E-state index contributed by atoms with van der Waals surface area (Å²) in [6, 6.07) is 8.17. The predicted molar refractivity (Wildman–Crippen MR) is 55.4 cm³/mol. The molecule has 0 amide bonds. The highest BCUT2D eigenvalue weighted by atomic mass is 16.1. The van der Waals surface area contributed by atoms with Gasteiger partial charge in [-0.25, -0.2) is 0 Å². The first kappa shape index (κ1) is 7.80. The molecule has 1 aromatic carbocycles. The Bertz CT molecular complexity index is 524.